The van der Waals surface area contributed by atoms with Crippen LogP contribution in [0.15, 0.2) is 17.0 Å². The molecule has 0 amide bonds. The molecule has 0 aromatic heterocycles. The van der Waals surface area contributed by atoms with Gasteiger partial charge in [-0.3, -0.25) is 0 Å². The number of hydrogen-bond donors (Lipinski definition) is 1. The Labute approximate surface area is 93.9 Å². The zero-order chi connectivity index (χ0) is 11.4. The molecule has 0 saturated heterocycles. The first-order valence-corrected chi connectivity index (χ1v) is 5.26. The van der Waals surface area contributed by atoms with Crippen molar-refractivity contribution < 1.29 is 13.5 Å². The fourth-order valence-electron chi connectivity index (χ4n) is 1.06. The van der Waals surface area contributed by atoms with Gasteiger partial charge in [0.15, 0.2) is 11.6 Å². The Morgan fingerprint density at radius 2 is 2.00 bits per heavy atom. The van der Waals surface area contributed by atoms with Gasteiger partial charge in [-0.25, -0.2) is 4.39 Å². The Morgan fingerprint density at radius 1 is 1.33 bits per heavy atom. The van der Waals surface area contributed by atoms with Crippen molar-refractivity contribution in [2.75, 3.05) is 6.61 Å². The molecule has 0 heterocycles. The topological polar surface area (TPSA) is 9.23 Å². The Morgan fingerprint density at radius 3 is 2.60 bits per heavy atom. The van der Waals surface area contributed by atoms with Crippen LogP contribution in [0.4, 0.5) is 8.78 Å². The molecule has 0 aliphatic heterocycles. The second kappa shape index (κ2) is 5.35. The third-order valence-electron chi connectivity index (χ3n) is 1.93. The lowest BCUT2D eigenvalue weighted by Crippen LogP contribution is -2.03. The molecule has 0 saturated carbocycles. The van der Waals surface area contributed by atoms with Gasteiger partial charge in [0.2, 0.25) is 5.82 Å². The van der Waals surface area contributed by atoms with Crippen molar-refractivity contribution in [3.05, 3.63) is 23.8 Å². The normalized spacial score (nSPS) is 10.8. The summed E-state index contributed by atoms with van der Waals surface area (Å²) in [6, 6.07) is 2.40. The third-order valence-corrected chi connectivity index (χ3v) is 2.19. The van der Waals surface area contributed by atoms with Gasteiger partial charge in [-0.1, -0.05) is 13.8 Å². The molecule has 0 atom stereocenters. The Kier molecular flexibility index (Phi) is 4.39. The van der Waals surface area contributed by atoms with E-state index in [1.54, 1.807) is 0 Å². The molecule has 0 aliphatic rings. The lowest BCUT2D eigenvalue weighted by atomic mass is 10.1. The van der Waals surface area contributed by atoms with E-state index in [2.05, 4.69) is 12.6 Å². The van der Waals surface area contributed by atoms with E-state index < -0.39 is 11.6 Å². The smallest absolute Gasteiger partial charge is 0.200 e. The first-order chi connectivity index (χ1) is 7.00. The van der Waals surface area contributed by atoms with E-state index in [0.717, 1.165) is 12.5 Å². The van der Waals surface area contributed by atoms with Crippen LogP contribution in [0.25, 0.3) is 0 Å². The molecule has 1 aromatic rings. The Bertz CT molecular complexity index is 340. The summed E-state index contributed by atoms with van der Waals surface area (Å²) in [5.41, 5.74) is 0. The standard InChI is InChI=1S/C11H14F2OS/c1-7(2)3-4-14-10-6-8(15)5-9(12)11(10)13/h5-7,15H,3-4H2,1-2H3. The number of rotatable bonds is 4. The van der Waals surface area contributed by atoms with Gasteiger partial charge < -0.3 is 4.74 Å². The van der Waals surface area contributed by atoms with Gasteiger partial charge in [0.25, 0.3) is 0 Å². The quantitative estimate of drug-likeness (QED) is 0.779. The minimum atomic E-state index is -0.948. The van der Waals surface area contributed by atoms with Crippen LogP contribution in [0.1, 0.15) is 20.3 Å². The molecule has 0 unspecified atom stereocenters. The van der Waals surface area contributed by atoms with Crippen LogP contribution in [-0.2, 0) is 0 Å². The molecule has 0 N–H and O–H groups in total. The molecule has 0 aliphatic carbocycles. The van der Waals surface area contributed by atoms with Crippen LogP contribution in [0.3, 0.4) is 0 Å². The van der Waals surface area contributed by atoms with Crippen molar-refractivity contribution in [1.82, 2.24) is 0 Å². The molecule has 0 radical (unpaired) electrons. The van der Waals surface area contributed by atoms with E-state index in [-0.39, 0.29) is 5.75 Å². The highest BCUT2D eigenvalue weighted by atomic mass is 32.1. The molecular formula is C11H14F2OS. The second-order valence-corrected chi connectivity index (χ2v) is 4.29. The van der Waals surface area contributed by atoms with Gasteiger partial charge >= 0.3 is 0 Å². The first kappa shape index (κ1) is 12.3. The lowest BCUT2D eigenvalue weighted by Gasteiger charge is -2.09. The molecule has 0 spiro atoms. The van der Waals surface area contributed by atoms with Crippen molar-refractivity contribution in [3.63, 3.8) is 0 Å². The fraction of sp³-hybridized carbons (Fsp3) is 0.455. The minimum absolute atomic E-state index is 0.0688. The van der Waals surface area contributed by atoms with E-state index in [0.29, 0.717) is 17.4 Å². The van der Waals surface area contributed by atoms with Gasteiger partial charge in [0.05, 0.1) is 6.61 Å². The van der Waals surface area contributed by atoms with Crippen molar-refractivity contribution in [2.45, 2.75) is 25.2 Å². The van der Waals surface area contributed by atoms with E-state index >= 15 is 0 Å². The van der Waals surface area contributed by atoms with Crippen LogP contribution in [0.5, 0.6) is 5.75 Å². The van der Waals surface area contributed by atoms with Crippen LogP contribution in [0, 0.1) is 17.6 Å². The predicted molar refractivity (Wildman–Crippen MR) is 58.6 cm³/mol. The molecule has 15 heavy (non-hydrogen) atoms. The second-order valence-electron chi connectivity index (χ2n) is 3.77. The molecule has 1 nitrogen and oxygen atoms in total. The zero-order valence-corrected chi connectivity index (χ0v) is 9.65. The van der Waals surface area contributed by atoms with Crippen molar-refractivity contribution >= 4 is 12.6 Å². The number of halogens is 2. The SMILES string of the molecule is CC(C)CCOc1cc(S)cc(F)c1F. The molecule has 0 bridgehead atoms. The summed E-state index contributed by atoms with van der Waals surface area (Å²) in [7, 11) is 0. The third kappa shape index (κ3) is 3.70. The molecule has 4 heteroatoms. The molecule has 0 fully saturated rings. The van der Waals surface area contributed by atoms with Crippen molar-refractivity contribution in [1.29, 1.82) is 0 Å². The van der Waals surface area contributed by atoms with E-state index in [1.165, 1.54) is 6.07 Å². The minimum Gasteiger partial charge on any atom is -0.490 e. The van der Waals surface area contributed by atoms with Crippen LogP contribution >= 0.6 is 12.6 Å². The van der Waals surface area contributed by atoms with Crippen LogP contribution in [-0.4, -0.2) is 6.61 Å². The maximum absolute atomic E-state index is 13.2. The van der Waals surface area contributed by atoms with Gasteiger partial charge in [0, 0.05) is 4.90 Å². The van der Waals surface area contributed by atoms with Crippen LogP contribution in [0.2, 0.25) is 0 Å². The average Bonchev–Trinajstić information content (AvgIpc) is 2.12. The van der Waals surface area contributed by atoms with E-state index in [1.807, 2.05) is 13.8 Å². The van der Waals surface area contributed by atoms with E-state index in [4.69, 9.17) is 4.74 Å². The summed E-state index contributed by atoms with van der Waals surface area (Å²) in [6.07, 6.45) is 0.803. The lowest BCUT2D eigenvalue weighted by molar-refractivity contribution is 0.271. The molecule has 1 rings (SSSR count). The highest BCUT2D eigenvalue weighted by Crippen LogP contribution is 2.24. The number of thiol groups is 1. The summed E-state index contributed by atoms with van der Waals surface area (Å²) >= 11 is 3.95. The van der Waals surface area contributed by atoms with Gasteiger partial charge in [0.1, 0.15) is 0 Å². The monoisotopic (exact) mass is 232 g/mol. The molecular weight excluding hydrogens is 218 g/mol. The predicted octanol–water partition coefficient (Wildman–Crippen LogP) is 3.68. The van der Waals surface area contributed by atoms with Crippen molar-refractivity contribution in [2.24, 2.45) is 5.92 Å². The molecule has 1 aromatic carbocycles. The first-order valence-electron chi connectivity index (χ1n) is 4.81. The highest BCUT2D eigenvalue weighted by molar-refractivity contribution is 7.80. The highest BCUT2D eigenvalue weighted by Gasteiger charge is 2.10. The van der Waals surface area contributed by atoms with Gasteiger partial charge in [-0.15, -0.1) is 12.6 Å². The average molecular weight is 232 g/mol. The largest absolute Gasteiger partial charge is 0.490 e. The maximum atomic E-state index is 13.2. The zero-order valence-electron chi connectivity index (χ0n) is 8.76. The maximum Gasteiger partial charge on any atom is 0.200 e. The van der Waals surface area contributed by atoms with Crippen LogP contribution < -0.4 is 4.74 Å². The number of hydrogen-bond acceptors (Lipinski definition) is 2. The summed E-state index contributed by atoms with van der Waals surface area (Å²) in [5.74, 6) is -1.48. The summed E-state index contributed by atoms with van der Waals surface area (Å²) in [5, 5.41) is 0. The fourth-order valence-corrected chi connectivity index (χ4v) is 1.29. The molecule has 84 valence electrons. The number of ether oxygens (including phenoxy) is 1. The Hall–Kier alpha value is -0.770. The van der Waals surface area contributed by atoms with Gasteiger partial charge in [-0.05, 0) is 24.5 Å². The van der Waals surface area contributed by atoms with Crippen molar-refractivity contribution in [3.8, 4) is 5.75 Å². The van der Waals surface area contributed by atoms with Gasteiger partial charge in [-0.2, -0.15) is 4.39 Å². The Balaban J connectivity index is 2.68. The number of benzene rings is 1. The summed E-state index contributed by atoms with van der Waals surface area (Å²) in [6.45, 7) is 4.45. The summed E-state index contributed by atoms with van der Waals surface area (Å²) in [4.78, 5) is 0.355. The van der Waals surface area contributed by atoms with E-state index in [9.17, 15) is 8.78 Å². The summed E-state index contributed by atoms with van der Waals surface area (Å²) < 4.78 is 31.2.